The van der Waals surface area contributed by atoms with E-state index in [1.165, 1.54) is 6.20 Å². The van der Waals surface area contributed by atoms with E-state index in [1.807, 2.05) is 13.8 Å². The van der Waals surface area contributed by atoms with Gasteiger partial charge in [-0.25, -0.2) is 0 Å². The van der Waals surface area contributed by atoms with Crippen molar-refractivity contribution in [3.63, 3.8) is 0 Å². The van der Waals surface area contributed by atoms with Crippen LogP contribution in [0.15, 0.2) is 11.0 Å². The largest absolute Gasteiger partial charge is 0.433 e. The second kappa shape index (κ2) is 5.68. The minimum absolute atomic E-state index is 0. The van der Waals surface area contributed by atoms with E-state index < -0.39 is 0 Å². The third-order valence-corrected chi connectivity index (χ3v) is 1.43. The summed E-state index contributed by atoms with van der Waals surface area (Å²) >= 11 is 0. The van der Waals surface area contributed by atoms with Gasteiger partial charge >= 0.3 is 0 Å². The number of hydrogen-bond acceptors (Lipinski definition) is 3. The summed E-state index contributed by atoms with van der Waals surface area (Å²) in [6.45, 7) is 5.63. The number of aryl methyl sites for hydroxylation is 1. The van der Waals surface area contributed by atoms with Gasteiger partial charge in [0.1, 0.15) is 0 Å². The molecule has 0 spiro atoms. The number of hydrogen-bond donors (Lipinski definition) is 1. The van der Waals surface area contributed by atoms with Crippen LogP contribution in [-0.2, 0) is 20.4 Å². The minimum atomic E-state index is -0.188. The number of fused-ring (bicyclic) bond motifs is 1. The zero-order valence-corrected chi connectivity index (χ0v) is 10.9. The fraction of sp³-hybridized carbons (Fsp3) is 0.375. The van der Waals surface area contributed by atoms with Gasteiger partial charge < -0.3 is 15.1 Å². The zero-order chi connectivity index (χ0) is 9.84. The molecule has 2 rings (SSSR count). The molecule has 0 bridgehead atoms. The summed E-state index contributed by atoms with van der Waals surface area (Å²) in [5.41, 5.74) is 1.30. The standard InChI is InChI=1S/C6H6N4O.C2H6.Re/c1-3-6(11)9-4-2-7-10-5(4)8-3;1-2;/h2H,1H3,(H2,7,8,9,10,11);1-2H3;/p-1. The Morgan fingerprint density at radius 1 is 1.43 bits per heavy atom. The van der Waals surface area contributed by atoms with Gasteiger partial charge in [-0.3, -0.25) is 9.89 Å². The van der Waals surface area contributed by atoms with Gasteiger partial charge in [-0.15, -0.1) is 0 Å². The van der Waals surface area contributed by atoms with E-state index in [0.717, 1.165) is 0 Å². The predicted octanol–water partition coefficient (Wildman–Crippen LogP) is 0.607. The Labute approximate surface area is 95.0 Å². The van der Waals surface area contributed by atoms with Crippen LogP contribution in [0.25, 0.3) is 11.2 Å². The molecule has 2 heterocycles. The maximum absolute atomic E-state index is 11.0. The molecule has 2 aromatic heterocycles. The molecule has 0 aliphatic carbocycles. The average Bonchev–Trinajstić information content (AvgIpc) is 2.56. The van der Waals surface area contributed by atoms with Crippen LogP contribution in [0.5, 0.6) is 0 Å². The molecular weight excluding hydrogens is 354 g/mol. The average molecular weight is 365 g/mol. The van der Waals surface area contributed by atoms with Crippen LogP contribution in [0.2, 0.25) is 0 Å². The van der Waals surface area contributed by atoms with E-state index in [9.17, 15) is 4.79 Å². The third-order valence-electron chi connectivity index (χ3n) is 1.43. The number of nitrogens with one attached hydrogen (secondary N) is 1. The second-order valence-corrected chi connectivity index (χ2v) is 2.23. The van der Waals surface area contributed by atoms with E-state index in [1.54, 1.807) is 6.92 Å². The van der Waals surface area contributed by atoms with Crippen LogP contribution in [0.4, 0.5) is 0 Å². The van der Waals surface area contributed by atoms with Crippen molar-refractivity contribution < 1.29 is 20.4 Å². The molecule has 5 nitrogen and oxygen atoms in total. The Kier molecular flexibility index (Phi) is 5.28. The molecule has 77 valence electrons. The van der Waals surface area contributed by atoms with Gasteiger partial charge in [0.2, 0.25) is 5.56 Å². The van der Waals surface area contributed by atoms with E-state index in [-0.39, 0.29) is 26.0 Å². The first-order chi connectivity index (χ1) is 6.27. The Morgan fingerprint density at radius 3 is 2.71 bits per heavy atom. The number of nitrogens with zero attached hydrogens (tertiary/aromatic N) is 3. The molecule has 0 aliphatic heterocycles. The summed E-state index contributed by atoms with van der Waals surface area (Å²) in [7, 11) is 0. The van der Waals surface area contributed by atoms with Crippen LogP contribution in [0.1, 0.15) is 19.5 Å². The summed E-state index contributed by atoms with van der Waals surface area (Å²) < 4.78 is 0. The molecule has 0 unspecified atom stereocenters. The van der Waals surface area contributed by atoms with E-state index >= 15 is 0 Å². The molecule has 0 fully saturated rings. The first kappa shape index (κ1) is 13.0. The predicted molar refractivity (Wildman–Crippen MR) is 49.6 cm³/mol. The van der Waals surface area contributed by atoms with Gasteiger partial charge in [0.25, 0.3) is 0 Å². The van der Waals surface area contributed by atoms with Crippen molar-refractivity contribution in [1.29, 1.82) is 0 Å². The van der Waals surface area contributed by atoms with Crippen LogP contribution >= 0.6 is 0 Å². The Morgan fingerprint density at radius 2 is 2.07 bits per heavy atom. The second-order valence-electron chi connectivity index (χ2n) is 2.23. The molecule has 2 aromatic rings. The van der Waals surface area contributed by atoms with E-state index in [4.69, 9.17) is 0 Å². The third kappa shape index (κ3) is 2.50. The molecule has 0 aliphatic rings. The molecule has 0 saturated carbocycles. The summed E-state index contributed by atoms with van der Waals surface area (Å²) in [5, 5.41) is 7.29. The zero-order valence-electron chi connectivity index (χ0n) is 8.21. The van der Waals surface area contributed by atoms with Crippen LogP contribution in [0, 0.1) is 6.92 Å². The fourth-order valence-electron chi connectivity index (χ4n) is 0.846. The minimum Gasteiger partial charge on any atom is -0.433 e. The van der Waals surface area contributed by atoms with Crippen LogP contribution in [0.3, 0.4) is 0 Å². The van der Waals surface area contributed by atoms with Gasteiger partial charge in [0.15, 0.2) is 0 Å². The van der Waals surface area contributed by atoms with Crippen LogP contribution < -0.4 is 10.7 Å². The maximum Gasteiger partial charge on any atom is 0.247 e. The molecule has 1 N–H and O–H groups in total. The topological polar surface area (TPSA) is 72.7 Å². The van der Waals surface area contributed by atoms with Gasteiger partial charge in [-0.05, 0) is 18.3 Å². The Hall–Kier alpha value is -0.988. The number of H-pyrrole nitrogens is 1. The van der Waals surface area contributed by atoms with E-state index in [0.29, 0.717) is 16.9 Å². The first-order valence-electron chi connectivity index (χ1n) is 4.12. The number of rotatable bonds is 0. The summed E-state index contributed by atoms with van der Waals surface area (Å²) in [6, 6.07) is 0. The SMILES string of the molecule is CC.Cc1nc2[n-]ncc2[nH]c1=O.[Re]. The normalized spacial score (nSPS) is 8.79. The summed E-state index contributed by atoms with van der Waals surface area (Å²) in [6.07, 6.45) is 1.48. The quantitative estimate of drug-likeness (QED) is 0.742. The molecule has 0 aromatic carbocycles. The van der Waals surface area contributed by atoms with Crippen molar-refractivity contribution in [1.82, 2.24) is 20.2 Å². The van der Waals surface area contributed by atoms with E-state index in [2.05, 4.69) is 20.2 Å². The maximum atomic E-state index is 11.0. The monoisotopic (exact) mass is 366 g/mol. The van der Waals surface area contributed by atoms with Crippen molar-refractivity contribution in [2.45, 2.75) is 20.8 Å². The van der Waals surface area contributed by atoms with Crippen molar-refractivity contribution in [2.75, 3.05) is 0 Å². The Bertz CT molecular complexity index is 448. The van der Waals surface area contributed by atoms with Crippen LogP contribution in [-0.4, -0.2) is 15.1 Å². The summed E-state index contributed by atoms with van der Waals surface area (Å²) in [5.74, 6) is 0. The smallest absolute Gasteiger partial charge is 0.247 e. The first-order valence-corrected chi connectivity index (χ1v) is 4.12. The molecule has 0 amide bonds. The molecule has 14 heavy (non-hydrogen) atoms. The van der Waals surface area contributed by atoms with Gasteiger partial charge in [0.05, 0.1) is 5.52 Å². The fourth-order valence-corrected chi connectivity index (χ4v) is 0.846. The van der Waals surface area contributed by atoms with Crippen molar-refractivity contribution in [3.8, 4) is 0 Å². The van der Waals surface area contributed by atoms with Crippen molar-refractivity contribution in [2.24, 2.45) is 0 Å². The van der Waals surface area contributed by atoms with Crippen molar-refractivity contribution in [3.05, 3.63) is 22.2 Å². The molecular formula is C8H11N4ORe-. The summed E-state index contributed by atoms with van der Waals surface area (Å²) in [4.78, 5) is 17.5. The number of aromatic amines is 1. The molecule has 0 atom stereocenters. The van der Waals surface area contributed by atoms with Crippen molar-refractivity contribution >= 4 is 11.2 Å². The van der Waals surface area contributed by atoms with Gasteiger partial charge in [-0.2, -0.15) is 0 Å². The van der Waals surface area contributed by atoms with Gasteiger partial charge in [0, 0.05) is 26.6 Å². The Balaban J connectivity index is 0.000000531. The molecule has 1 radical (unpaired) electrons. The molecule has 6 heteroatoms. The number of aromatic nitrogens is 4. The van der Waals surface area contributed by atoms with Gasteiger partial charge in [-0.1, -0.05) is 13.8 Å². The molecule has 0 saturated heterocycles.